The van der Waals surface area contributed by atoms with Crippen LogP contribution in [0.1, 0.15) is 16.2 Å². The minimum absolute atomic E-state index is 0.267. The van der Waals surface area contributed by atoms with Crippen LogP contribution in [0.25, 0.3) is 5.65 Å². The summed E-state index contributed by atoms with van der Waals surface area (Å²) in [6, 6.07) is 3.56. The number of amides is 1. The van der Waals surface area contributed by atoms with Gasteiger partial charge < -0.3 is 5.32 Å². The summed E-state index contributed by atoms with van der Waals surface area (Å²) in [6.07, 6.45) is 6.00. The first-order chi connectivity index (χ1) is 9.22. The van der Waals surface area contributed by atoms with E-state index >= 15 is 0 Å². The Morgan fingerprint density at radius 1 is 1.26 bits per heavy atom. The molecule has 0 bridgehead atoms. The molecule has 0 fully saturated rings. The van der Waals surface area contributed by atoms with E-state index in [-0.39, 0.29) is 5.91 Å². The van der Waals surface area contributed by atoms with Crippen molar-refractivity contribution in [2.75, 3.05) is 5.32 Å². The topological polar surface area (TPSA) is 85.1 Å². The van der Waals surface area contributed by atoms with Crippen molar-refractivity contribution in [1.82, 2.24) is 24.6 Å². The number of aryl methyl sites for hydroxylation is 1. The van der Waals surface area contributed by atoms with Crippen LogP contribution in [0.4, 0.5) is 5.69 Å². The minimum Gasteiger partial charge on any atom is -0.320 e. The molecule has 0 aromatic carbocycles. The largest absolute Gasteiger partial charge is 0.320 e. The van der Waals surface area contributed by atoms with Gasteiger partial charge in [-0.15, -0.1) is 0 Å². The average molecular weight is 254 g/mol. The standard InChI is InChI=1S/C12H10N6O/c1-8-15-11-3-2-10(6-18(11)17-8)16-12(19)9-4-13-7-14-5-9/h2-7H,1H3,(H,16,19). The van der Waals surface area contributed by atoms with Gasteiger partial charge in [0.1, 0.15) is 12.2 Å². The fourth-order valence-electron chi connectivity index (χ4n) is 1.69. The first-order valence-corrected chi connectivity index (χ1v) is 5.62. The summed E-state index contributed by atoms with van der Waals surface area (Å²) in [7, 11) is 0. The number of carbonyl (C=O) groups excluding carboxylic acids is 1. The second kappa shape index (κ2) is 4.45. The molecule has 0 radical (unpaired) electrons. The molecule has 3 aromatic rings. The molecule has 0 atom stereocenters. The van der Waals surface area contributed by atoms with Crippen molar-refractivity contribution < 1.29 is 4.79 Å². The maximum atomic E-state index is 11.9. The lowest BCUT2D eigenvalue weighted by molar-refractivity contribution is 0.102. The highest BCUT2D eigenvalue weighted by Gasteiger charge is 2.07. The van der Waals surface area contributed by atoms with E-state index in [2.05, 4.69) is 25.4 Å². The zero-order valence-electron chi connectivity index (χ0n) is 10.1. The third-order valence-electron chi connectivity index (χ3n) is 2.52. The van der Waals surface area contributed by atoms with Gasteiger partial charge in [-0.2, -0.15) is 5.10 Å². The van der Waals surface area contributed by atoms with Crippen LogP contribution in [0.5, 0.6) is 0 Å². The first-order valence-electron chi connectivity index (χ1n) is 5.62. The highest BCUT2D eigenvalue weighted by Crippen LogP contribution is 2.10. The number of nitrogens with one attached hydrogen (secondary N) is 1. The Morgan fingerprint density at radius 2 is 2.05 bits per heavy atom. The van der Waals surface area contributed by atoms with Gasteiger partial charge in [-0.05, 0) is 19.1 Å². The predicted octanol–water partition coefficient (Wildman–Crippen LogP) is 1.08. The van der Waals surface area contributed by atoms with Crippen LogP contribution >= 0.6 is 0 Å². The van der Waals surface area contributed by atoms with Crippen molar-refractivity contribution in [2.24, 2.45) is 0 Å². The number of aromatic nitrogens is 5. The Bertz CT molecular complexity index is 736. The normalized spacial score (nSPS) is 10.6. The molecule has 19 heavy (non-hydrogen) atoms. The Labute approximate surface area is 108 Å². The molecule has 3 rings (SSSR count). The lowest BCUT2D eigenvalue weighted by Gasteiger charge is -2.04. The molecule has 7 heteroatoms. The van der Waals surface area contributed by atoms with E-state index in [9.17, 15) is 4.79 Å². The molecule has 3 heterocycles. The first kappa shape index (κ1) is 11.3. The van der Waals surface area contributed by atoms with Crippen LogP contribution in [-0.2, 0) is 0 Å². The summed E-state index contributed by atoms with van der Waals surface area (Å²) in [6.45, 7) is 1.81. The molecule has 0 saturated carbocycles. The van der Waals surface area contributed by atoms with E-state index in [0.717, 1.165) is 5.65 Å². The van der Waals surface area contributed by atoms with Crippen molar-refractivity contribution in [2.45, 2.75) is 6.92 Å². The highest BCUT2D eigenvalue weighted by atomic mass is 16.1. The Balaban J connectivity index is 1.87. The molecule has 0 spiro atoms. The molecule has 7 nitrogen and oxygen atoms in total. The van der Waals surface area contributed by atoms with Gasteiger partial charge in [0.25, 0.3) is 5.91 Å². The van der Waals surface area contributed by atoms with Crippen molar-refractivity contribution in [3.8, 4) is 0 Å². The molecule has 1 N–H and O–H groups in total. The maximum absolute atomic E-state index is 11.9. The zero-order valence-corrected chi connectivity index (χ0v) is 10.1. The van der Waals surface area contributed by atoms with Gasteiger partial charge in [-0.3, -0.25) is 4.79 Å². The monoisotopic (exact) mass is 254 g/mol. The molecule has 0 unspecified atom stereocenters. The van der Waals surface area contributed by atoms with Gasteiger partial charge in [-0.1, -0.05) is 0 Å². The van der Waals surface area contributed by atoms with Gasteiger partial charge in [0.15, 0.2) is 5.65 Å². The Hall–Kier alpha value is -2.83. The summed E-state index contributed by atoms with van der Waals surface area (Å²) in [5, 5.41) is 6.94. The van der Waals surface area contributed by atoms with Crippen molar-refractivity contribution >= 4 is 17.2 Å². The van der Waals surface area contributed by atoms with Crippen LogP contribution in [0, 0.1) is 6.92 Å². The molecule has 0 saturated heterocycles. The van der Waals surface area contributed by atoms with Gasteiger partial charge in [0.05, 0.1) is 17.4 Å². The summed E-state index contributed by atoms with van der Waals surface area (Å²) in [5.41, 5.74) is 1.77. The molecule has 1 amide bonds. The Morgan fingerprint density at radius 3 is 2.84 bits per heavy atom. The van der Waals surface area contributed by atoms with Crippen LogP contribution in [0.2, 0.25) is 0 Å². The molecule has 0 aliphatic carbocycles. The second-order valence-corrected chi connectivity index (χ2v) is 3.96. The molecule has 0 aliphatic rings. The van der Waals surface area contributed by atoms with E-state index in [1.165, 1.54) is 18.7 Å². The number of hydrogen-bond donors (Lipinski definition) is 1. The highest BCUT2D eigenvalue weighted by molar-refractivity contribution is 6.03. The third kappa shape index (κ3) is 2.25. The maximum Gasteiger partial charge on any atom is 0.258 e. The lowest BCUT2D eigenvalue weighted by atomic mass is 10.3. The quantitative estimate of drug-likeness (QED) is 0.739. The van der Waals surface area contributed by atoms with Crippen LogP contribution in [-0.4, -0.2) is 30.5 Å². The van der Waals surface area contributed by atoms with Gasteiger partial charge in [0.2, 0.25) is 0 Å². The molecule has 3 aromatic heterocycles. The molecule has 0 aliphatic heterocycles. The number of anilines is 1. The van der Waals surface area contributed by atoms with Crippen LogP contribution in [0.3, 0.4) is 0 Å². The van der Waals surface area contributed by atoms with E-state index in [1.807, 2.05) is 6.92 Å². The number of hydrogen-bond acceptors (Lipinski definition) is 5. The van der Waals surface area contributed by atoms with E-state index in [1.54, 1.807) is 22.8 Å². The number of carbonyl (C=O) groups is 1. The molecular formula is C12H10N6O. The van der Waals surface area contributed by atoms with E-state index in [0.29, 0.717) is 17.1 Å². The minimum atomic E-state index is -0.267. The summed E-state index contributed by atoms with van der Waals surface area (Å²) in [4.78, 5) is 23.7. The van der Waals surface area contributed by atoms with Gasteiger partial charge in [-0.25, -0.2) is 19.5 Å². The van der Waals surface area contributed by atoms with E-state index < -0.39 is 0 Å². The number of nitrogens with zero attached hydrogens (tertiary/aromatic N) is 5. The fourth-order valence-corrected chi connectivity index (χ4v) is 1.69. The Kier molecular flexibility index (Phi) is 2.64. The van der Waals surface area contributed by atoms with Crippen molar-refractivity contribution in [3.05, 3.63) is 48.4 Å². The zero-order chi connectivity index (χ0) is 13.2. The fraction of sp³-hybridized carbons (Fsp3) is 0.0833. The third-order valence-corrected chi connectivity index (χ3v) is 2.52. The number of pyridine rings is 1. The molecule has 94 valence electrons. The number of fused-ring (bicyclic) bond motifs is 1. The predicted molar refractivity (Wildman–Crippen MR) is 67.7 cm³/mol. The summed E-state index contributed by atoms with van der Waals surface area (Å²) in [5.74, 6) is 0.414. The van der Waals surface area contributed by atoms with Crippen molar-refractivity contribution in [3.63, 3.8) is 0 Å². The summed E-state index contributed by atoms with van der Waals surface area (Å²) >= 11 is 0. The molecular weight excluding hydrogens is 244 g/mol. The SMILES string of the molecule is Cc1nc2ccc(NC(=O)c3cncnc3)cn2n1. The second-order valence-electron chi connectivity index (χ2n) is 3.96. The lowest BCUT2D eigenvalue weighted by Crippen LogP contribution is -2.12. The van der Waals surface area contributed by atoms with E-state index in [4.69, 9.17) is 0 Å². The van der Waals surface area contributed by atoms with Crippen LogP contribution < -0.4 is 5.32 Å². The number of rotatable bonds is 2. The average Bonchev–Trinajstić information content (AvgIpc) is 2.79. The van der Waals surface area contributed by atoms with Crippen molar-refractivity contribution in [1.29, 1.82) is 0 Å². The van der Waals surface area contributed by atoms with Crippen LogP contribution in [0.15, 0.2) is 37.1 Å². The van der Waals surface area contributed by atoms with Gasteiger partial charge >= 0.3 is 0 Å². The summed E-state index contributed by atoms with van der Waals surface area (Å²) < 4.78 is 1.62. The smallest absolute Gasteiger partial charge is 0.258 e. The van der Waals surface area contributed by atoms with Gasteiger partial charge in [0, 0.05) is 12.4 Å².